The highest BCUT2D eigenvalue weighted by Crippen LogP contribution is 2.33. The van der Waals surface area contributed by atoms with Gasteiger partial charge < -0.3 is 21.4 Å². The number of amides is 1. The van der Waals surface area contributed by atoms with Crippen molar-refractivity contribution < 1.29 is 14.1 Å². The summed E-state index contributed by atoms with van der Waals surface area (Å²) in [5.41, 5.74) is 6.97. The highest BCUT2D eigenvalue weighted by molar-refractivity contribution is 6.05. The van der Waals surface area contributed by atoms with Crippen LogP contribution in [0.1, 0.15) is 10.6 Å². The third-order valence-electron chi connectivity index (χ3n) is 4.36. The summed E-state index contributed by atoms with van der Waals surface area (Å²) >= 11 is 0. The maximum atomic E-state index is 14.5. The fourth-order valence-electron chi connectivity index (χ4n) is 2.91. The quantitative estimate of drug-likeness (QED) is 0.223. The molecule has 0 unspecified atom stereocenters. The summed E-state index contributed by atoms with van der Waals surface area (Å²) in [5.74, 6) is -1.60. The first kappa shape index (κ1) is 18.9. The summed E-state index contributed by atoms with van der Waals surface area (Å²) in [4.78, 5) is 30.2. The van der Waals surface area contributed by atoms with Crippen molar-refractivity contribution >= 4 is 45.4 Å². The van der Waals surface area contributed by atoms with E-state index < -0.39 is 22.3 Å². The molecule has 0 saturated heterocycles. The molecule has 0 radical (unpaired) electrons. The van der Waals surface area contributed by atoms with Gasteiger partial charge in [-0.05, 0) is 30.3 Å². The summed E-state index contributed by atoms with van der Waals surface area (Å²) < 4.78 is 14.5. The number of H-pyrrole nitrogens is 1. The maximum Gasteiger partial charge on any atom is 0.295 e. The van der Waals surface area contributed by atoms with Gasteiger partial charge in [0, 0.05) is 0 Å². The van der Waals surface area contributed by atoms with Gasteiger partial charge in [-0.3, -0.25) is 14.9 Å². The van der Waals surface area contributed by atoms with Crippen LogP contribution < -0.4 is 16.4 Å². The number of carbonyl (C=O) groups is 1. The van der Waals surface area contributed by atoms with Gasteiger partial charge in [0.05, 0.1) is 39.1 Å². The van der Waals surface area contributed by atoms with E-state index in [4.69, 9.17) is 5.73 Å². The minimum absolute atomic E-state index is 0.0309. The Hall–Kier alpha value is -4.47. The van der Waals surface area contributed by atoms with E-state index >= 15 is 0 Å². The molecule has 10 heteroatoms. The summed E-state index contributed by atoms with van der Waals surface area (Å²) in [6, 6.07) is 15.5. The number of hydrogen-bond acceptors (Lipinski definition) is 6. The molecule has 4 rings (SSSR count). The predicted molar refractivity (Wildman–Crippen MR) is 111 cm³/mol. The third-order valence-corrected chi connectivity index (χ3v) is 4.36. The summed E-state index contributed by atoms with van der Waals surface area (Å²) in [6.45, 7) is 0. The largest absolute Gasteiger partial charge is 0.397 e. The third kappa shape index (κ3) is 3.61. The molecule has 5 N–H and O–H groups in total. The maximum absolute atomic E-state index is 14.5. The topological polar surface area (TPSA) is 139 Å². The minimum Gasteiger partial charge on any atom is -0.397 e. The van der Waals surface area contributed by atoms with Crippen LogP contribution in [0.2, 0.25) is 0 Å². The van der Waals surface area contributed by atoms with Crippen LogP contribution in [-0.2, 0) is 0 Å². The van der Waals surface area contributed by atoms with Crippen LogP contribution in [0, 0.1) is 15.9 Å². The monoisotopic (exact) mass is 406 g/mol. The molecule has 0 saturated carbocycles. The number of aromatic nitrogens is 2. The van der Waals surface area contributed by atoms with E-state index in [0.717, 1.165) is 12.1 Å². The van der Waals surface area contributed by atoms with Crippen LogP contribution in [0.3, 0.4) is 0 Å². The van der Waals surface area contributed by atoms with Gasteiger partial charge in [0.2, 0.25) is 0 Å². The number of halogens is 1. The normalized spacial score (nSPS) is 10.7. The number of fused-ring (bicyclic) bond motifs is 1. The van der Waals surface area contributed by atoms with Gasteiger partial charge in [0.25, 0.3) is 11.6 Å². The molecule has 3 aromatic carbocycles. The Balaban J connectivity index is 1.69. The van der Waals surface area contributed by atoms with Crippen LogP contribution in [0.25, 0.3) is 11.0 Å². The molecule has 150 valence electrons. The molecule has 0 atom stereocenters. The lowest BCUT2D eigenvalue weighted by atomic mass is 10.2. The smallest absolute Gasteiger partial charge is 0.295 e. The first-order valence-electron chi connectivity index (χ1n) is 8.78. The van der Waals surface area contributed by atoms with Gasteiger partial charge in [-0.2, -0.15) is 0 Å². The molecule has 1 heterocycles. The molecule has 4 aromatic rings. The summed E-state index contributed by atoms with van der Waals surface area (Å²) in [5, 5.41) is 16.6. The molecular weight excluding hydrogens is 391 g/mol. The van der Waals surface area contributed by atoms with Crippen molar-refractivity contribution in [2.24, 2.45) is 0 Å². The standard InChI is InChI=1S/C20H15FN6O3/c21-11-9-18(27(29)30)17(10-16(11)23-13-6-2-1-5-12(13)22)26-20(28)19-24-14-7-3-4-8-15(14)25-19/h1-10,23H,22H2,(H,24,25)(H,26,28). The second kappa shape index (κ2) is 7.51. The van der Waals surface area contributed by atoms with Crippen molar-refractivity contribution in [2.75, 3.05) is 16.4 Å². The number of rotatable bonds is 5. The Morgan fingerprint density at radius 2 is 1.80 bits per heavy atom. The molecule has 0 aliphatic heterocycles. The van der Waals surface area contributed by atoms with Crippen molar-refractivity contribution in [3.05, 3.63) is 82.4 Å². The van der Waals surface area contributed by atoms with Crippen molar-refractivity contribution in [3.8, 4) is 0 Å². The number of aromatic amines is 1. The highest BCUT2D eigenvalue weighted by atomic mass is 19.1. The molecule has 0 bridgehead atoms. The molecule has 1 amide bonds. The van der Waals surface area contributed by atoms with E-state index in [9.17, 15) is 19.3 Å². The number of nitrogens with zero attached hydrogens (tertiary/aromatic N) is 2. The Labute approximate surface area is 168 Å². The zero-order chi connectivity index (χ0) is 21.3. The minimum atomic E-state index is -0.869. The molecule has 30 heavy (non-hydrogen) atoms. The zero-order valence-corrected chi connectivity index (χ0v) is 15.3. The lowest BCUT2D eigenvalue weighted by Gasteiger charge is -2.12. The van der Waals surface area contributed by atoms with Crippen LogP contribution in [0.5, 0.6) is 0 Å². The molecule has 1 aromatic heterocycles. The number of nitrogens with two attached hydrogens (primary N) is 1. The predicted octanol–water partition coefficient (Wildman–Crippen LogP) is 4.19. The fraction of sp³-hybridized carbons (Fsp3) is 0. The summed E-state index contributed by atoms with van der Waals surface area (Å²) in [6.07, 6.45) is 0. The van der Waals surface area contributed by atoms with Gasteiger partial charge in [-0.1, -0.05) is 24.3 Å². The van der Waals surface area contributed by atoms with E-state index in [0.29, 0.717) is 22.4 Å². The number of anilines is 4. The van der Waals surface area contributed by atoms with Gasteiger partial charge in [0.15, 0.2) is 11.6 Å². The first-order chi connectivity index (χ1) is 14.4. The van der Waals surface area contributed by atoms with E-state index in [1.165, 1.54) is 0 Å². The summed E-state index contributed by atoms with van der Waals surface area (Å²) in [7, 11) is 0. The van der Waals surface area contributed by atoms with E-state index in [-0.39, 0.29) is 17.2 Å². The van der Waals surface area contributed by atoms with Crippen LogP contribution in [-0.4, -0.2) is 20.8 Å². The van der Waals surface area contributed by atoms with E-state index in [1.54, 1.807) is 48.5 Å². The van der Waals surface area contributed by atoms with Crippen molar-refractivity contribution in [3.63, 3.8) is 0 Å². The van der Waals surface area contributed by atoms with Gasteiger partial charge in [0.1, 0.15) is 5.69 Å². The van der Waals surface area contributed by atoms with Crippen LogP contribution in [0.4, 0.5) is 32.8 Å². The molecule has 0 aliphatic rings. The van der Waals surface area contributed by atoms with E-state index in [2.05, 4.69) is 20.6 Å². The molecule has 0 fully saturated rings. The van der Waals surface area contributed by atoms with Gasteiger partial charge >= 0.3 is 0 Å². The number of nitro benzene ring substituents is 1. The number of nitro groups is 1. The average molecular weight is 406 g/mol. The van der Waals surface area contributed by atoms with Gasteiger partial charge in [-0.15, -0.1) is 0 Å². The molecule has 0 spiro atoms. The Bertz CT molecular complexity index is 1250. The van der Waals surface area contributed by atoms with E-state index in [1.807, 2.05) is 0 Å². The number of benzene rings is 3. The Kier molecular flexibility index (Phi) is 4.72. The zero-order valence-electron chi connectivity index (χ0n) is 15.3. The Morgan fingerprint density at radius 3 is 2.53 bits per heavy atom. The van der Waals surface area contributed by atoms with Crippen molar-refractivity contribution in [2.45, 2.75) is 0 Å². The van der Waals surface area contributed by atoms with Crippen LogP contribution in [0.15, 0.2) is 60.7 Å². The molecular formula is C20H15FN6O3. The number of carbonyl (C=O) groups excluding carboxylic acids is 1. The van der Waals surface area contributed by atoms with Crippen molar-refractivity contribution in [1.29, 1.82) is 0 Å². The molecule has 0 aliphatic carbocycles. The lowest BCUT2D eigenvalue weighted by Crippen LogP contribution is -2.15. The van der Waals surface area contributed by atoms with Gasteiger partial charge in [-0.25, -0.2) is 9.37 Å². The Morgan fingerprint density at radius 1 is 1.07 bits per heavy atom. The second-order valence-electron chi connectivity index (χ2n) is 6.38. The SMILES string of the molecule is Nc1ccccc1Nc1cc(NC(=O)c2nc3ccccc3[nH]2)c([N+](=O)[O-])cc1F. The fourth-order valence-corrected chi connectivity index (χ4v) is 2.91. The number of nitrogen functional groups attached to an aromatic ring is 1. The average Bonchev–Trinajstić information content (AvgIpc) is 3.16. The number of hydrogen-bond donors (Lipinski definition) is 4. The number of nitrogens with one attached hydrogen (secondary N) is 3. The highest BCUT2D eigenvalue weighted by Gasteiger charge is 2.22. The molecule has 9 nitrogen and oxygen atoms in total. The van der Waals surface area contributed by atoms with Crippen molar-refractivity contribution in [1.82, 2.24) is 9.97 Å². The first-order valence-corrected chi connectivity index (χ1v) is 8.78. The number of para-hydroxylation sites is 4. The lowest BCUT2D eigenvalue weighted by molar-refractivity contribution is -0.384. The number of imidazole rings is 1. The second-order valence-corrected chi connectivity index (χ2v) is 6.38. The van der Waals surface area contributed by atoms with Crippen LogP contribution >= 0.6 is 0 Å².